The Morgan fingerprint density at radius 2 is 2.04 bits per heavy atom. The molecular formula is C16H9FN2O2S2. The van der Waals surface area contributed by atoms with E-state index in [0.29, 0.717) is 0 Å². The van der Waals surface area contributed by atoms with Crippen molar-refractivity contribution in [3.63, 3.8) is 0 Å². The molecule has 7 heteroatoms. The summed E-state index contributed by atoms with van der Waals surface area (Å²) in [6, 6.07) is 9.22. The van der Waals surface area contributed by atoms with Gasteiger partial charge in [-0.15, -0.1) is 0 Å². The smallest absolute Gasteiger partial charge is 0.268 e. The van der Waals surface area contributed by atoms with Crippen LogP contribution in [-0.2, 0) is 4.79 Å². The SMILES string of the molecule is O=C1C(=Cc2ccccc2F)SC(=S)N1C(=O)c1cccnc1. The average Bonchev–Trinajstić information content (AvgIpc) is 2.84. The Labute approximate surface area is 141 Å². The molecule has 0 N–H and O–H groups in total. The van der Waals surface area contributed by atoms with Gasteiger partial charge in [-0.05, 0) is 24.3 Å². The summed E-state index contributed by atoms with van der Waals surface area (Å²) in [5, 5.41) is 0. The van der Waals surface area contributed by atoms with Gasteiger partial charge >= 0.3 is 0 Å². The van der Waals surface area contributed by atoms with Crippen LogP contribution in [0, 0.1) is 5.82 Å². The van der Waals surface area contributed by atoms with E-state index in [-0.39, 0.29) is 20.4 Å². The number of halogens is 1. The Kier molecular flexibility index (Phi) is 4.31. The van der Waals surface area contributed by atoms with E-state index in [2.05, 4.69) is 4.98 Å². The first-order valence-electron chi connectivity index (χ1n) is 6.55. The second-order valence-corrected chi connectivity index (χ2v) is 6.26. The summed E-state index contributed by atoms with van der Waals surface area (Å²) in [4.78, 5) is 29.8. The van der Waals surface area contributed by atoms with E-state index < -0.39 is 17.6 Å². The highest BCUT2D eigenvalue weighted by atomic mass is 32.2. The van der Waals surface area contributed by atoms with Crippen molar-refractivity contribution in [1.82, 2.24) is 9.88 Å². The molecule has 1 fully saturated rings. The van der Waals surface area contributed by atoms with Crippen LogP contribution in [0.5, 0.6) is 0 Å². The molecular weight excluding hydrogens is 335 g/mol. The van der Waals surface area contributed by atoms with Crippen LogP contribution < -0.4 is 0 Å². The standard InChI is InChI=1S/C16H9FN2O2S2/c17-12-6-2-1-4-10(12)8-13-15(21)19(16(22)23-13)14(20)11-5-3-7-18-9-11/h1-9H. The number of carbonyl (C=O) groups excluding carboxylic acids is 2. The van der Waals surface area contributed by atoms with Crippen LogP contribution in [-0.4, -0.2) is 26.0 Å². The number of aromatic nitrogens is 1. The molecule has 23 heavy (non-hydrogen) atoms. The van der Waals surface area contributed by atoms with E-state index in [4.69, 9.17) is 12.2 Å². The highest BCUT2D eigenvalue weighted by Gasteiger charge is 2.37. The highest BCUT2D eigenvalue weighted by molar-refractivity contribution is 8.26. The average molecular weight is 344 g/mol. The predicted molar refractivity (Wildman–Crippen MR) is 90.0 cm³/mol. The van der Waals surface area contributed by atoms with Crippen molar-refractivity contribution in [2.45, 2.75) is 0 Å². The molecule has 1 aromatic heterocycles. The zero-order valence-electron chi connectivity index (χ0n) is 11.6. The molecule has 0 bridgehead atoms. The molecule has 2 heterocycles. The Bertz CT molecular complexity index is 837. The Balaban J connectivity index is 1.92. The van der Waals surface area contributed by atoms with Gasteiger partial charge in [0.1, 0.15) is 5.82 Å². The van der Waals surface area contributed by atoms with Gasteiger partial charge < -0.3 is 0 Å². The van der Waals surface area contributed by atoms with Crippen molar-refractivity contribution in [1.29, 1.82) is 0 Å². The van der Waals surface area contributed by atoms with Crippen LogP contribution in [0.2, 0.25) is 0 Å². The van der Waals surface area contributed by atoms with Gasteiger partial charge in [0, 0.05) is 18.0 Å². The van der Waals surface area contributed by atoms with E-state index in [1.807, 2.05) is 0 Å². The lowest BCUT2D eigenvalue weighted by atomic mass is 10.2. The van der Waals surface area contributed by atoms with E-state index in [1.54, 1.807) is 30.3 Å². The van der Waals surface area contributed by atoms with Gasteiger partial charge in [-0.3, -0.25) is 14.6 Å². The second kappa shape index (κ2) is 6.39. The number of thioether (sulfide) groups is 1. The molecule has 2 aromatic rings. The third kappa shape index (κ3) is 3.06. The second-order valence-electron chi connectivity index (χ2n) is 4.59. The summed E-state index contributed by atoms with van der Waals surface area (Å²) < 4.78 is 13.8. The van der Waals surface area contributed by atoms with Crippen LogP contribution in [0.25, 0.3) is 6.08 Å². The van der Waals surface area contributed by atoms with Gasteiger partial charge in [0.15, 0.2) is 4.32 Å². The largest absolute Gasteiger partial charge is 0.273 e. The Morgan fingerprint density at radius 1 is 1.26 bits per heavy atom. The normalized spacial score (nSPS) is 16.2. The topological polar surface area (TPSA) is 50.3 Å². The number of rotatable bonds is 2. The van der Waals surface area contributed by atoms with Gasteiger partial charge in [-0.1, -0.05) is 42.2 Å². The number of pyridine rings is 1. The molecule has 0 atom stereocenters. The van der Waals surface area contributed by atoms with E-state index in [1.165, 1.54) is 24.5 Å². The molecule has 4 nitrogen and oxygen atoms in total. The fraction of sp³-hybridized carbons (Fsp3) is 0. The van der Waals surface area contributed by atoms with Gasteiger partial charge in [-0.25, -0.2) is 9.29 Å². The summed E-state index contributed by atoms with van der Waals surface area (Å²) in [5.41, 5.74) is 0.526. The number of hydrogen-bond donors (Lipinski definition) is 0. The molecule has 0 saturated carbocycles. The summed E-state index contributed by atoms with van der Waals surface area (Å²) in [6.07, 6.45) is 4.28. The van der Waals surface area contributed by atoms with Crippen molar-refractivity contribution in [3.05, 3.63) is 70.6 Å². The molecule has 1 saturated heterocycles. The molecule has 0 spiro atoms. The zero-order chi connectivity index (χ0) is 16.4. The van der Waals surface area contributed by atoms with Crippen molar-refractivity contribution in [2.24, 2.45) is 0 Å². The first-order valence-corrected chi connectivity index (χ1v) is 7.77. The number of amides is 2. The number of thiocarbonyl (C=S) groups is 1. The molecule has 0 unspecified atom stereocenters. The maximum absolute atomic E-state index is 13.7. The first kappa shape index (κ1) is 15.5. The summed E-state index contributed by atoms with van der Waals surface area (Å²) in [5.74, 6) is -1.55. The van der Waals surface area contributed by atoms with Crippen molar-refractivity contribution >= 4 is 46.2 Å². The lowest BCUT2D eigenvalue weighted by Crippen LogP contribution is -2.34. The van der Waals surface area contributed by atoms with Crippen molar-refractivity contribution in [2.75, 3.05) is 0 Å². The number of carbonyl (C=O) groups is 2. The highest BCUT2D eigenvalue weighted by Crippen LogP contribution is 2.33. The molecule has 2 amide bonds. The molecule has 1 aromatic carbocycles. The first-order chi connectivity index (χ1) is 11.1. The molecule has 114 valence electrons. The quantitative estimate of drug-likeness (QED) is 0.475. The van der Waals surface area contributed by atoms with E-state index in [0.717, 1.165) is 16.7 Å². The third-order valence-corrected chi connectivity index (χ3v) is 4.40. The number of hydrogen-bond acceptors (Lipinski definition) is 5. The number of benzene rings is 1. The van der Waals surface area contributed by atoms with Crippen LogP contribution in [0.4, 0.5) is 4.39 Å². The van der Waals surface area contributed by atoms with Gasteiger partial charge in [0.05, 0.1) is 10.5 Å². The lowest BCUT2D eigenvalue weighted by Gasteiger charge is -2.11. The summed E-state index contributed by atoms with van der Waals surface area (Å²) in [7, 11) is 0. The molecule has 3 rings (SSSR count). The fourth-order valence-corrected chi connectivity index (χ4v) is 3.24. The number of imide groups is 1. The fourth-order valence-electron chi connectivity index (χ4n) is 1.99. The molecule has 0 radical (unpaired) electrons. The van der Waals surface area contributed by atoms with E-state index >= 15 is 0 Å². The third-order valence-electron chi connectivity index (χ3n) is 3.10. The summed E-state index contributed by atoms with van der Waals surface area (Å²) in [6.45, 7) is 0. The minimum Gasteiger partial charge on any atom is -0.268 e. The Morgan fingerprint density at radius 3 is 2.74 bits per heavy atom. The molecule has 1 aliphatic rings. The van der Waals surface area contributed by atoms with Crippen LogP contribution in [0.3, 0.4) is 0 Å². The lowest BCUT2D eigenvalue weighted by molar-refractivity contribution is -0.120. The van der Waals surface area contributed by atoms with Crippen molar-refractivity contribution < 1.29 is 14.0 Å². The minimum absolute atomic E-state index is 0.117. The van der Waals surface area contributed by atoms with E-state index in [9.17, 15) is 14.0 Å². The van der Waals surface area contributed by atoms with Gasteiger partial charge in [-0.2, -0.15) is 0 Å². The van der Waals surface area contributed by atoms with Crippen LogP contribution in [0.1, 0.15) is 15.9 Å². The van der Waals surface area contributed by atoms with Crippen LogP contribution in [0.15, 0.2) is 53.7 Å². The van der Waals surface area contributed by atoms with Gasteiger partial charge in [0.2, 0.25) is 0 Å². The zero-order valence-corrected chi connectivity index (χ0v) is 13.2. The monoisotopic (exact) mass is 344 g/mol. The Hall–Kier alpha value is -2.38. The maximum atomic E-state index is 13.7. The summed E-state index contributed by atoms with van der Waals surface area (Å²) >= 11 is 6.08. The minimum atomic E-state index is -0.558. The molecule has 1 aliphatic heterocycles. The maximum Gasteiger partial charge on any atom is 0.273 e. The van der Waals surface area contributed by atoms with Crippen molar-refractivity contribution in [3.8, 4) is 0 Å². The molecule has 0 aliphatic carbocycles. The predicted octanol–water partition coefficient (Wildman–Crippen LogP) is 3.26. The number of nitrogens with zero attached hydrogens (tertiary/aromatic N) is 2. The van der Waals surface area contributed by atoms with Crippen LogP contribution >= 0.6 is 24.0 Å². The van der Waals surface area contributed by atoms with Gasteiger partial charge in [0.25, 0.3) is 11.8 Å².